The largest absolute Gasteiger partial charge is 0.494 e. The molecule has 136 valence electrons. The van der Waals surface area contributed by atoms with Gasteiger partial charge in [-0.1, -0.05) is 18.2 Å². The minimum atomic E-state index is 0.159. The molecule has 4 aliphatic carbocycles. The van der Waals surface area contributed by atoms with Gasteiger partial charge in [-0.05, 0) is 73.8 Å². The van der Waals surface area contributed by atoms with Gasteiger partial charge in [-0.2, -0.15) is 0 Å². The standard InChI is InChI=1S/C21H29NO3/c23-14-21-11-15-9-16(12-21)20(17(10-15)13-21)22-19(24)7-4-8-25-18-5-2-1-3-6-18/h1-3,5-6,15-17,20,23H,4,7-14H2,(H,22,24). The first-order chi connectivity index (χ1) is 12.2. The maximum absolute atomic E-state index is 12.4. The quantitative estimate of drug-likeness (QED) is 0.748. The van der Waals surface area contributed by atoms with Crippen LogP contribution in [0.2, 0.25) is 0 Å². The number of carbonyl (C=O) groups is 1. The van der Waals surface area contributed by atoms with E-state index in [0.717, 1.165) is 30.9 Å². The van der Waals surface area contributed by atoms with Gasteiger partial charge in [0.15, 0.2) is 0 Å². The summed E-state index contributed by atoms with van der Waals surface area (Å²) in [6.45, 7) is 0.901. The summed E-state index contributed by atoms with van der Waals surface area (Å²) in [6, 6.07) is 10.1. The Bertz CT molecular complexity index is 586. The van der Waals surface area contributed by atoms with Gasteiger partial charge in [0, 0.05) is 19.1 Å². The second kappa shape index (κ2) is 6.99. The van der Waals surface area contributed by atoms with Crippen molar-refractivity contribution in [3.05, 3.63) is 30.3 Å². The molecule has 25 heavy (non-hydrogen) atoms. The van der Waals surface area contributed by atoms with Crippen molar-refractivity contribution in [3.63, 3.8) is 0 Å². The summed E-state index contributed by atoms with van der Waals surface area (Å²) in [5.74, 6) is 2.94. The molecular formula is C21H29NO3. The molecule has 1 aromatic carbocycles. The highest BCUT2D eigenvalue weighted by Crippen LogP contribution is 2.59. The summed E-state index contributed by atoms with van der Waals surface area (Å²) in [5, 5.41) is 13.2. The number of carbonyl (C=O) groups excluding carboxylic acids is 1. The molecule has 2 N–H and O–H groups in total. The maximum atomic E-state index is 12.4. The Labute approximate surface area is 150 Å². The van der Waals surface area contributed by atoms with Gasteiger partial charge in [0.25, 0.3) is 0 Å². The molecule has 4 fully saturated rings. The highest BCUT2D eigenvalue weighted by molar-refractivity contribution is 5.76. The Morgan fingerprint density at radius 3 is 2.56 bits per heavy atom. The number of para-hydroxylation sites is 1. The van der Waals surface area contributed by atoms with Gasteiger partial charge in [0.2, 0.25) is 5.91 Å². The van der Waals surface area contributed by atoms with Crippen molar-refractivity contribution < 1.29 is 14.6 Å². The Morgan fingerprint density at radius 1 is 1.16 bits per heavy atom. The molecule has 0 saturated heterocycles. The summed E-state index contributed by atoms with van der Waals surface area (Å²) >= 11 is 0. The molecule has 5 rings (SSSR count). The van der Waals surface area contributed by atoms with E-state index in [-0.39, 0.29) is 11.3 Å². The average Bonchev–Trinajstić information content (AvgIpc) is 2.62. The number of aliphatic hydroxyl groups excluding tert-OH is 1. The highest BCUT2D eigenvalue weighted by atomic mass is 16.5. The number of benzene rings is 1. The number of ether oxygens (including phenoxy) is 1. The number of rotatable bonds is 7. The lowest BCUT2D eigenvalue weighted by Gasteiger charge is -2.59. The van der Waals surface area contributed by atoms with E-state index in [1.54, 1.807) is 0 Å². The van der Waals surface area contributed by atoms with Crippen LogP contribution in [0.15, 0.2) is 30.3 Å². The third-order valence-electron chi connectivity index (χ3n) is 6.62. The molecule has 0 aromatic heterocycles. The number of hydrogen-bond acceptors (Lipinski definition) is 3. The molecule has 0 aliphatic heterocycles. The molecular weight excluding hydrogens is 314 g/mol. The lowest BCUT2D eigenvalue weighted by Crippen LogP contribution is -2.60. The first-order valence-corrected chi connectivity index (χ1v) is 9.75. The van der Waals surface area contributed by atoms with E-state index in [0.29, 0.717) is 37.5 Å². The van der Waals surface area contributed by atoms with E-state index in [4.69, 9.17) is 4.74 Å². The summed E-state index contributed by atoms with van der Waals surface area (Å²) in [6.07, 6.45) is 7.13. The second-order valence-corrected chi connectivity index (χ2v) is 8.49. The van der Waals surface area contributed by atoms with Crippen LogP contribution in [0.4, 0.5) is 0 Å². The van der Waals surface area contributed by atoms with Crippen LogP contribution in [0.25, 0.3) is 0 Å². The van der Waals surface area contributed by atoms with E-state index in [2.05, 4.69) is 5.32 Å². The van der Waals surface area contributed by atoms with Crippen LogP contribution in [0.1, 0.15) is 44.9 Å². The van der Waals surface area contributed by atoms with E-state index in [1.165, 1.54) is 19.3 Å². The van der Waals surface area contributed by atoms with Crippen LogP contribution in [-0.4, -0.2) is 30.3 Å². The average molecular weight is 343 g/mol. The van der Waals surface area contributed by atoms with E-state index in [1.807, 2.05) is 30.3 Å². The predicted molar refractivity (Wildman–Crippen MR) is 96.2 cm³/mol. The molecule has 4 saturated carbocycles. The van der Waals surface area contributed by atoms with Crippen molar-refractivity contribution >= 4 is 5.91 Å². The smallest absolute Gasteiger partial charge is 0.220 e. The lowest BCUT2D eigenvalue weighted by molar-refractivity contribution is -0.130. The fourth-order valence-electron chi connectivity index (χ4n) is 5.82. The van der Waals surface area contributed by atoms with Gasteiger partial charge in [-0.25, -0.2) is 0 Å². The Hall–Kier alpha value is -1.55. The zero-order valence-corrected chi connectivity index (χ0v) is 14.8. The van der Waals surface area contributed by atoms with Crippen molar-refractivity contribution in [2.45, 2.75) is 51.0 Å². The van der Waals surface area contributed by atoms with Gasteiger partial charge >= 0.3 is 0 Å². The number of amides is 1. The maximum Gasteiger partial charge on any atom is 0.220 e. The van der Waals surface area contributed by atoms with Gasteiger partial charge in [-0.15, -0.1) is 0 Å². The molecule has 0 heterocycles. The van der Waals surface area contributed by atoms with Crippen molar-refractivity contribution in [2.75, 3.05) is 13.2 Å². The summed E-state index contributed by atoms with van der Waals surface area (Å²) in [4.78, 5) is 12.4. The number of hydrogen-bond donors (Lipinski definition) is 2. The molecule has 0 radical (unpaired) electrons. The lowest BCUT2D eigenvalue weighted by atomic mass is 9.48. The molecule has 1 aromatic rings. The minimum Gasteiger partial charge on any atom is -0.494 e. The van der Waals surface area contributed by atoms with Gasteiger partial charge < -0.3 is 15.2 Å². The van der Waals surface area contributed by atoms with Crippen LogP contribution in [0, 0.1) is 23.2 Å². The van der Waals surface area contributed by atoms with Crippen molar-refractivity contribution in [3.8, 4) is 5.75 Å². The fraction of sp³-hybridized carbons (Fsp3) is 0.667. The zero-order valence-electron chi connectivity index (χ0n) is 14.8. The zero-order chi connectivity index (χ0) is 17.3. The Kier molecular flexibility index (Phi) is 4.72. The third-order valence-corrected chi connectivity index (χ3v) is 6.62. The SMILES string of the molecule is O=C(CCCOc1ccccc1)NC1C2CC3CC1CC(CO)(C3)C2. The normalized spacial score (nSPS) is 35.6. The topological polar surface area (TPSA) is 58.6 Å². The summed E-state index contributed by atoms with van der Waals surface area (Å²) in [5.41, 5.74) is 0.168. The summed E-state index contributed by atoms with van der Waals surface area (Å²) < 4.78 is 5.66. The Morgan fingerprint density at radius 2 is 1.88 bits per heavy atom. The molecule has 2 atom stereocenters. The van der Waals surface area contributed by atoms with E-state index < -0.39 is 0 Å². The Balaban J connectivity index is 1.23. The minimum absolute atomic E-state index is 0.159. The highest BCUT2D eigenvalue weighted by Gasteiger charge is 2.55. The predicted octanol–water partition coefficient (Wildman–Crippen LogP) is 3.15. The molecule has 1 amide bonds. The number of aliphatic hydroxyl groups is 1. The molecule has 4 bridgehead atoms. The monoisotopic (exact) mass is 343 g/mol. The third kappa shape index (κ3) is 3.55. The van der Waals surface area contributed by atoms with Gasteiger partial charge in [-0.3, -0.25) is 4.79 Å². The molecule has 4 aliphatic rings. The van der Waals surface area contributed by atoms with Crippen LogP contribution in [0.3, 0.4) is 0 Å². The molecule has 4 heteroatoms. The van der Waals surface area contributed by atoms with Gasteiger partial charge in [0.05, 0.1) is 6.61 Å². The van der Waals surface area contributed by atoms with Crippen LogP contribution >= 0.6 is 0 Å². The first-order valence-electron chi connectivity index (χ1n) is 9.75. The fourth-order valence-corrected chi connectivity index (χ4v) is 5.82. The molecule has 2 unspecified atom stereocenters. The van der Waals surface area contributed by atoms with Crippen LogP contribution in [-0.2, 0) is 4.79 Å². The van der Waals surface area contributed by atoms with E-state index in [9.17, 15) is 9.90 Å². The number of nitrogens with one attached hydrogen (secondary N) is 1. The first kappa shape index (κ1) is 16.9. The van der Waals surface area contributed by atoms with Crippen LogP contribution in [0.5, 0.6) is 5.75 Å². The molecule has 0 spiro atoms. The van der Waals surface area contributed by atoms with Crippen molar-refractivity contribution in [2.24, 2.45) is 23.2 Å². The van der Waals surface area contributed by atoms with Crippen LogP contribution < -0.4 is 10.1 Å². The summed E-state index contributed by atoms with van der Waals surface area (Å²) in [7, 11) is 0. The van der Waals surface area contributed by atoms with Gasteiger partial charge in [0.1, 0.15) is 5.75 Å². The van der Waals surface area contributed by atoms with Crippen molar-refractivity contribution in [1.82, 2.24) is 5.32 Å². The molecule has 4 nitrogen and oxygen atoms in total. The van der Waals surface area contributed by atoms with E-state index >= 15 is 0 Å². The van der Waals surface area contributed by atoms with Crippen molar-refractivity contribution in [1.29, 1.82) is 0 Å². The second-order valence-electron chi connectivity index (χ2n) is 8.49.